The van der Waals surface area contributed by atoms with E-state index in [1.807, 2.05) is 6.92 Å². The molecule has 0 spiro atoms. The van der Waals surface area contributed by atoms with E-state index in [4.69, 9.17) is 5.73 Å². The maximum atomic E-state index is 13.2. The molecule has 106 valence electrons. The highest BCUT2D eigenvalue weighted by Gasteiger charge is 2.06. The Kier molecular flexibility index (Phi) is 4.60. The summed E-state index contributed by atoms with van der Waals surface area (Å²) in [5.74, 6) is -0.617. The van der Waals surface area contributed by atoms with Gasteiger partial charge in [-0.3, -0.25) is 0 Å². The smallest absolute Gasteiger partial charge is 0.139 e. The number of hydrogen-bond donors (Lipinski definition) is 2. The highest BCUT2D eigenvalue weighted by molar-refractivity contribution is 9.10. The second-order valence-electron chi connectivity index (χ2n) is 4.60. The van der Waals surface area contributed by atoms with Gasteiger partial charge in [0.15, 0.2) is 0 Å². The number of rotatable bonds is 4. The Bertz CT molecular complexity index is 630. The molecule has 2 aromatic rings. The molecule has 0 bridgehead atoms. The van der Waals surface area contributed by atoms with E-state index in [1.165, 1.54) is 18.2 Å². The van der Waals surface area contributed by atoms with Gasteiger partial charge >= 0.3 is 0 Å². The Morgan fingerprint density at radius 3 is 2.65 bits per heavy atom. The fraction of sp³-hybridized carbons (Fsp3) is 0.200. The maximum Gasteiger partial charge on any atom is 0.139 e. The Morgan fingerprint density at radius 2 is 1.95 bits per heavy atom. The number of nitrogen functional groups attached to an aromatic ring is 1. The van der Waals surface area contributed by atoms with E-state index in [0.717, 1.165) is 17.5 Å². The summed E-state index contributed by atoms with van der Waals surface area (Å²) >= 11 is 3.12. The van der Waals surface area contributed by atoms with Crippen molar-refractivity contribution in [3.63, 3.8) is 0 Å². The van der Waals surface area contributed by atoms with E-state index in [0.29, 0.717) is 22.4 Å². The van der Waals surface area contributed by atoms with Crippen molar-refractivity contribution in [2.45, 2.75) is 13.3 Å². The molecular formula is C15H15BrF2N2. The first-order valence-electron chi connectivity index (χ1n) is 6.21. The third-order valence-electron chi connectivity index (χ3n) is 3.11. The fourth-order valence-corrected chi connectivity index (χ4v) is 2.33. The zero-order valence-electron chi connectivity index (χ0n) is 11.0. The second-order valence-corrected chi connectivity index (χ2v) is 5.46. The van der Waals surface area contributed by atoms with Crippen LogP contribution in [-0.2, 0) is 6.42 Å². The van der Waals surface area contributed by atoms with E-state index < -0.39 is 0 Å². The number of nitrogens with one attached hydrogen (secondary N) is 1. The molecule has 0 aliphatic heterocycles. The van der Waals surface area contributed by atoms with E-state index in [-0.39, 0.29) is 11.6 Å². The van der Waals surface area contributed by atoms with Gasteiger partial charge in [0.2, 0.25) is 0 Å². The minimum Gasteiger partial charge on any atom is -0.397 e. The van der Waals surface area contributed by atoms with Crippen LogP contribution in [0.1, 0.15) is 11.1 Å². The number of halogens is 3. The molecule has 0 atom stereocenters. The average molecular weight is 341 g/mol. The summed E-state index contributed by atoms with van der Waals surface area (Å²) in [5, 5.41) is 3.16. The lowest BCUT2D eigenvalue weighted by atomic mass is 10.1. The fourth-order valence-electron chi connectivity index (χ4n) is 1.99. The number of anilines is 2. The van der Waals surface area contributed by atoms with Gasteiger partial charge in [0, 0.05) is 12.6 Å². The third kappa shape index (κ3) is 3.48. The zero-order valence-corrected chi connectivity index (χ0v) is 12.6. The third-order valence-corrected chi connectivity index (χ3v) is 3.71. The normalized spacial score (nSPS) is 10.6. The molecular weight excluding hydrogens is 326 g/mol. The average Bonchev–Trinajstić information content (AvgIpc) is 2.38. The maximum absolute atomic E-state index is 13.2. The van der Waals surface area contributed by atoms with Crippen molar-refractivity contribution in [2.24, 2.45) is 0 Å². The van der Waals surface area contributed by atoms with Crippen molar-refractivity contribution >= 4 is 27.3 Å². The van der Waals surface area contributed by atoms with Crippen LogP contribution < -0.4 is 11.1 Å². The quantitative estimate of drug-likeness (QED) is 0.815. The summed E-state index contributed by atoms with van der Waals surface area (Å²) in [6.07, 6.45) is 0.737. The monoisotopic (exact) mass is 340 g/mol. The Hall–Kier alpha value is -1.62. The van der Waals surface area contributed by atoms with Crippen LogP contribution in [0, 0.1) is 18.6 Å². The van der Waals surface area contributed by atoms with Crippen LogP contribution in [0.4, 0.5) is 20.2 Å². The summed E-state index contributed by atoms with van der Waals surface area (Å²) < 4.78 is 26.6. The Morgan fingerprint density at radius 1 is 1.20 bits per heavy atom. The van der Waals surface area contributed by atoms with Gasteiger partial charge in [-0.2, -0.15) is 0 Å². The molecule has 2 nitrogen and oxygen atoms in total. The minimum atomic E-state index is -0.387. The molecule has 2 aromatic carbocycles. The topological polar surface area (TPSA) is 38.0 Å². The SMILES string of the molecule is Cc1cc(F)ccc1CCNc1cc(Br)c(F)cc1N. The first-order chi connectivity index (χ1) is 9.47. The molecule has 0 radical (unpaired) electrons. The molecule has 0 amide bonds. The van der Waals surface area contributed by atoms with Crippen molar-refractivity contribution in [2.75, 3.05) is 17.6 Å². The van der Waals surface area contributed by atoms with E-state index in [9.17, 15) is 8.78 Å². The highest BCUT2D eigenvalue weighted by Crippen LogP contribution is 2.26. The predicted molar refractivity (Wildman–Crippen MR) is 81.8 cm³/mol. The summed E-state index contributed by atoms with van der Waals surface area (Å²) in [6, 6.07) is 7.62. The van der Waals surface area contributed by atoms with Gasteiger partial charge in [0.05, 0.1) is 15.8 Å². The van der Waals surface area contributed by atoms with Crippen LogP contribution in [0.5, 0.6) is 0 Å². The van der Waals surface area contributed by atoms with Crippen LogP contribution >= 0.6 is 15.9 Å². The van der Waals surface area contributed by atoms with Gasteiger partial charge in [0.25, 0.3) is 0 Å². The highest BCUT2D eigenvalue weighted by atomic mass is 79.9. The van der Waals surface area contributed by atoms with Crippen LogP contribution in [-0.4, -0.2) is 6.54 Å². The van der Waals surface area contributed by atoms with Gasteiger partial charge in [-0.25, -0.2) is 8.78 Å². The molecule has 0 aromatic heterocycles. The standard InChI is InChI=1S/C15H15BrF2N2/c1-9-6-11(17)3-2-10(9)4-5-20-15-7-12(16)13(18)8-14(15)19/h2-3,6-8,20H,4-5,19H2,1H3. The van der Waals surface area contributed by atoms with Crippen LogP contribution in [0.15, 0.2) is 34.8 Å². The van der Waals surface area contributed by atoms with Gasteiger partial charge in [-0.1, -0.05) is 6.07 Å². The van der Waals surface area contributed by atoms with Crippen LogP contribution in [0.2, 0.25) is 0 Å². The molecule has 5 heteroatoms. The minimum absolute atomic E-state index is 0.231. The van der Waals surface area contributed by atoms with E-state index >= 15 is 0 Å². The van der Waals surface area contributed by atoms with E-state index in [1.54, 1.807) is 12.1 Å². The van der Waals surface area contributed by atoms with E-state index in [2.05, 4.69) is 21.2 Å². The molecule has 0 aliphatic carbocycles. The molecule has 0 unspecified atom stereocenters. The summed E-state index contributed by atoms with van der Waals surface area (Å²) in [6.45, 7) is 2.51. The van der Waals surface area contributed by atoms with Crippen molar-refractivity contribution in [3.8, 4) is 0 Å². The number of hydrogen-bond acceptors (Lipinski definition) is 2. The first kappa shape index (κ1) is 14.8. The molecule has 0 saturated heterocycles. The summed E-state index contributed by atoms with van der Waals surface area (Å²) in [7, 11) is 0. The molecule has 0 saturated carbocycles. The largest absolute Gasteiger partial charge is 0.397 e. The summed E-state index contributed by atoms with van der Waals surface area (Å²) in [4.78, 5) is 0. The Balaban J connectivity index is 2.01. The van der Waals surface area contributed by atoms with Gasteiger partial charge in [0.1, 0.15) is 11.6 Å². The molecule has 20 heavy (non-hydrogen) atoms. The number of benzene rings is 2. The van der Waals surface area contributed by atoms with Crippen LogP contribution in [0.3, 0.4) is 0 Å². The van der Waals surface area contributed by atoms with Crippen molar-refractivity contribution in [1.29, 1.82) is 0 Å². The molecule has 0 fully saturated rings. The molecule has 3 N–H and O–H groups in total. The van der Waals surface area contributed by atoms with Crippen molar-refractivity contribution in [3.05, 3.63) is 57.6 Å². The lowest BCUT2D eigenvalue weighted by Crippen LogP contribution is -2.08. The molecule has 0 aliphatic rings. The van der Waals surface area contributed by atoms with Crippen molar-refractivity contribution < 1.29 is 8.78 Å². The Labute approximate surface area is 125 Å². The molecule has 2 rings (SSSR count). The lowest BCUT2D eigenvalue weighted by Gasteiger charge is -2.11. The van der Waals surface area contributed by atoms with Crippen molar-refractivity contribution in [1.82, 2.24) is 0 Å². The zero-order chi connectivity index (χ0) is 14.7. The lowest BCUT2D eigenvalue weighted by molar-refractivity contribution is 0.622. The van der Waals surface area contributed by atoms with Gasteiger partial charge < -0.3 is 11.1 Å². The number of aryl methyl sites for hydroxylation is 1. The number of nitrogens with two attached hydrogens (primary N) is 1. The van der Waals surface area contributed by atoms with Gasteiger partial charge in [-0.15, -0.1) is 0 Å². The molecule has 0 heterocycles. The van der Waals surface area contributed by atoms with Gasteiger partial charge in [-0.05, 0) is 58.6 Å². The predicted octanol–water partition coefficient (Wildman–Crippen LogP) is 4.27. The first-order valence-corrected chi connectivity index (χ1v) is 7.00. The van der Waals surface area contributed by atoms with Crippen LogP contribution in [0.25, 0.3) is 0 Å². The second kappa shape index (κ2) is 6.22. The summed E-state index contributed by atoms with van der Waals surface area (Å²) in [5.41, 5.74) is 8.77.